The lowest BCUT2D eigenvalue weighted by molar-refractivity contribution is 0.120. The van der Waals surface area contributed by atoms with Gasteiger partial charge in [-0.2, -0.15) is 10.1 Å². The SMILES string of the molecule is Nc1nc(N[C@@H]2CC23CCN(C(=O)O)CC3)c2ccc(-c3ccn[nH]3)cc2n1. The standard InChI is InChI=1S/C19H21N7O2/c20-17-22-14-9-11(13-3-6-21-25-13)1-2-12(14)16(24-17)23-15-10-19(15)4-7-26(8-5-19)18(27)28/h1-3,6,9,15H,4-5,7-8,10H2,(H,21,25)(H,27,28)(H3,20,22,23,24)/t15-/m1/s1. The van der Waals surface area contributed by atoms with E-state index < -0.39 is 6.09 Å². The number of aromatic amines is 1. The van der Waals surface area contributed by atoms with Crippen molar-refractivity contribution in [2.75, 3.05) is 24.1 Å². The molecule has 0 bridgehead atoms. The minimum absolute atomic E-state index is 0.161. The lowest BCUT2D eigenvalue weighted by Gasteiger charge is -2.31. The number of aromatic nitrogens is 4. The minimum atomic E-state index is -0.831. The van der Waals surface area contributed by atoms with Crippen molar-refractivity contribution in [2.45, 2.75) is 25.3 Å². The van der Waals surface area contributed by atoms with E-state index in [-0.39, 0.29) is 17.4 Å². The Morgan fingerprint density at radius 2 is 2.11 bits per heavy atom. The number of nitrogens with zero attached hydrogens (tertiary/aromatic N) is 4. The van der Waals surface area contributed by atoms with Crippen LogP contribution in [0.5, 0.6) is 0 Å². The zero-order chi connectivity index (χ0) is 19.3. The zero-order valence-electron chi connectivity index (χ0n) is 15.2. The molecule has 0 unspecified atom stereocenters. The van der Waals surface area contributed by atoms with E-state index in [9.17, 15) is 4.79 Å². The molecule has 1 amide bonds. The summed E-state index contributed by atoms with van der Waals surface area (Å²) in [5, 5.41) is 20.5. The number of likely N-dealkylation sites (tertiary alicyclic amines) is 1. The number of hydrogen-bond acceptors (Lipinski definition) is 6. The summed E-state index contributed by atoms with van der Waals surface area (Å²) in [7, 11) is 0. The molecular formula is C19H21N7O2. The summed E-state index contributed by atoms with van der Waals surface area (Å²) in [6.07, 6.45) is 3.66. The molecule has 2 aromatic heterocycles. The monoisotopic (exact) mass is 379 g/mol. The summed E-state index contributed by atoms with van der Waals surface area (Å²) in [6, 6.07) is 8.17. The van der Waals surface area contributed by atoms with Crippen LogP contribution in [0.2, 0.25) is 0 Å². The van der Waals surface area contributed by atoms with Crippen molar-refractivity contribution >= 4 is 28.8 Å². The third-order valence-corrected chi connectivity index (χ3v) is 6.06. The Balaban J connectivity index is 1.39. The molecule has 1 spiro atoms. The third kappa shape index (κ3) is 2.79. The van der Waals surface area contributed by atoms with E-state index >= 15 is 0 Å². The van der Waals surface area contributed by atoms with Crippen molar-refractivity contribution in [3.05, 3.63) is 30.5 Å². The van der Waals surface area contributed by atoms with Gasteiger partial charge in [0.15, 0.2) is 0 Å². The minimum Gasteiger partial charge on any atom is -0.465 e. The second-order valence-electron chi connectivity index (χ2n) is 7.67. The summed E-state index contributed by atoms with van der Waals surface area (Å²) >= 11 is 0. The summed E-state index contributed by atoms with van der Waals surface area (Å²) in [5.41, 5.74) is 8.79. The fraction of sp³-hybridized carbons (Fsp3) is 0.368. The number of amides is 1. The van der Waals surface area contributed by atoms with Crippen LogP contribution in [0.3, 0.4) is 0 Å². The Hall–Kier alpha value is -3.36. The molecule has 28 heavy (non-hydrogen) atoms. The van der Waals surface area contributed by atoms with Crippen LogP contribution < -0.4 is 11.1 Å². The number of rotatable bonds is 3. The number of nitrogens with two attached hydrogens (primary N) is 1. The number of benzene rings is 1. The molecule has 9 nitrogen and oxygen atoms in total. The lowest BCUT2D eigenvalue weighted by Crippen LogP contribution is -2.39. The highest BCUT2D eigenvalue weighted by molar-refractivity contribution is 5.92. The van der Waals surface area contributed by atoms with E-state index in [0.29, 0.717) is 13.1 Å². The van der Waals surface area contributed by atoms with Crippen molar-refractivity contribution in [3.8, 4) is 11.3 Å². The van der Waals surface area contributed by atoms with Crippen LogP contribution in [-0.4, -0.2) is 55.4 Å². The number of piperidine rings is 1. The fourth-order valence-electron chi connectivity index (χ4n) is 4.25. The number of hydrogen-bond donors (Lipinski definition) is 4. The van der Waals surface area contributed by atoms with E-state index in [1.54, 1.807) is 6.20 Å². The van der Waals surface area contributed by atoms with Crippen molar-refractivity contribution < 1.29 is 9.90 Å². The average Bonchev–Trinajstić information content (AvgIpc) is 3.07. The smallest absolute Gasteiger partial charge is 0.407 e. The van der Waals surface area contributed by atoms with Crippen LogP contribution in [0.1, 0.15) is 19.3 Å². The van der Waals surface area contributed by atoms with Gasteiger partial charge in [0.25, 0.3) is 0 Å². The maximum absolute atomic E-state index is 11.1. The maximum atomic E-state index is 11.1. The first kappa shape index (κ1) is 16.8. The van der Waals surface area contributed by atoms with Gasteiger partial charge in [-0.1, -0.05) is 6.07 Å². The normalized spacial score (nSPS) is 20.4. The quantitative estimate of drug-likeness (QED) is 0.549. The molecule has 1 aliphatic heterocycles. The van der Waals surface area contributed by atoms with Crippen molar-refractivity contribution in [2.24, 2.45) is 5.41 Å². The van der Waals surface area contributed by atoms with Crippen molar-refractivity contribution in [1.29, 1.82) is 0 Å². The Morgan fingerprint density at radius 3 is 2.82 bits per heavy atom. The first-order valence-corrected chi connectivity index (χ1v) is 9.36. The fourth-order valence-corrected chi connectivity index (χ4v) is 4.25. The van der Waals surface area contributed by atoms with Gasteiger partial charge >= 0.3 is 6.09 Å². The van der Waals surface area contributed by atoms with Gasteiger partial charge in [0.1, 0.15) is 5.82 Å². The zero-order valence-corrected chi connectivity index (χ0v) is 15.2. The van der Waals surface area contributed by atoms with E-state index in [2.05, 4.69) is 25.5 Å². The van der Waals surface area contributed by atoms with Gasteiger partial charge in [-0.05, 0) is 42.9 Å². The predicted molar refractivity (Wildman–Crippen MR) is 105 cm³/mol. The molecule has 2 fully saturated rings. The number of nitrogens with one attached hydrogen (secondary N) is 2. The Morgan fingerprint density at radius 1 is 1.29 bits per heavy atom. The highest BCUT2D eigenvalue weighted by Crippen LogP contribution is 2.55. The van der Waals surface area contributed by atoms with Crippen LogP contribution >= 0.6 is 0 Å². The molecule has 144 valence electrons. The van der Waals surface area contributed by atoms with Gasteiger partial charge in [-0.25, -0.2) is 9.78 Å². The average molecular weight is 379 g/mol. The first-order valence-electron chi connectivity index (χ1n) is 9.36. The summed E-state index contributed by atoms with van der Waals surface area (Å²) in [4.78, 5) is 21.4. The molecule has 0 radical (unpaired) electrons. The molecule has 2 aliphatic rings. The summed E-state index contributed by atoms with van der Waals surface area (Å²) in [5.74, 6) is 0.966. The number of H-pyrrole nitrogens is 1. The number of carbonyl (C=O) groups is 1. The van der Waals surface area contributed by atoms with E-state index in [0.717, 1.165) is 47.2 Å². The number of anilines is 2. The molecule has 1 saturated carbocycles. The molecule has 5 rings (SSSR count). The first-order chi connectivity index (χ1) is 13.5. The van der Waals surface area contributed by atoms with Gasteiger partial charge in [0, 0.05) is 36.3 Å². The molecule has 1 saturated heterocycles. The predicted octanol–water partition coefficient (Wildman–Crippen LogP) is 2.55. The molecule has 5 N–H and O–H groups in total. The van der Waals surface area contributed by atoms with Crippen molar-refractivity contribution in [1.82, 2.24) is 25.1 Å². The van der Waals surface area contributed by atoms with E-state index in [4.69, 9.17) is 10.8 Å². The Bertz CT molecular complexity index is 1040. The number of nitrogen functional groups attached to an aromatic ring is 1. The molecule has 9 heteroatoms. The second kappa shape index (κ2) is 6.08. The van der Waals surface area contributed by atoms with Gasteiger partial charge < -0.3 is 21.1 Å². The molecule has 3 heterocycles. The summed E-state index contributed by atoms with van der Waals surface area (Å²) < 4.78 is 0. The van der Waals surface area contributed by atoms with E-state index in [1.165, 1.54) is 4.90 Å². The Kier molecular flexibility index (Phi) is 3.65. The van der Waals surface area contributed by atoms with Crippen LogP contribution in [0.4, 0.5) is 16.6 Å². The molecule has 1 aliphatic carbocycles. The highest BCUT2D eigenvalue weighted by atomic mass is 16.4. The maximum Gasteiger partial charge on any atom is 0.407 e. The van der Waals surface area contributed by atoms with Gasteiger partial charge in [0.2, 0.25) is 5.95 Å². The molecular weight excluding hydrogens is 358 g/mol. The Labute approximate surface area is 161 Å². The number of fused-ring (bicyclic) bond motifs is 1. The second-order valence-corrected chi connectivity index (χ2v) is 7.67. The van der Waals surface area contributed by atoms with Crippen LogP contribution in [0, 0.1) is 5.41 Å². The number of carboxylic acid groups (broad SMARTS) is 1. The molecule has 1 atom stereocenters. The molecule has 1 aromatic carbocycles. The molecule has 3 aromatic rings. The highest BCUT2D eigenvalue weighted by Gasteiger charge is 2.55. The van der Waals surface area contributed by atoms with E-state index in [1.807, 2.05) is 24.3 Å². The van der Waals surface area contributed by atoms with Crippen LogP contribution in [-0.2, 0) is 0 Å². The van der Waals surface area contributed by atoms with Crippen LogP contribution in [0.15, 0.2) is 30.5 Å². The van der Waals surface area contributed by atoms with Crippen molar-refractivity contribution in [3.63, 3.8) is 0 Å². The van der Waals surface area contributed by atoms with Crippen LogP contribution in [0.25, 0.3) is 22.2 Å². The van der Waals surface area contributed by atoms with Gasteiger partial charge in [0.05, 0.1) is 11.2 Å². The lowest BCUT2D eigenvalue weighted by atomic mass is 9.93. The third-order valence-electron chi connectivity index (χ3n) is 6.06. The topological polar surface area (TPSA) is 133 Å². The summed E-state index contributed by atoms with van der Waals surface area (Å²) in [6.45, 7) is 1.18. The van der Waals surface area contributed by atoms with Gasteiger partial charge in [-0.3, -0.25) is 5.10 Å². The largest absolute Gasteiger partial charge is 0.465 e. The van der Waals surface area contributed by atoms with Gasteiger partial charge in [-0.15, -0.1) is 0 Å².